The zero-order chi connectivity index (χ0) is 19.8. The van der Waals surface area contributed by atoms with Crippen LogP contribution < -0.4 is 10.6 Å². The van der Waals surface area contributed by atoms with Crippen molar-refractivity contribution in [1.82, 2.24) is 25.3 Å². The van der Waals surface area contributed by atoms with Crippen molar-refractivity contribution < 1.29 is 14.4 Å². The summed E-state index contributed by atoms with van der Waals surface area (Å²) in [4.78, 5) is 39.0. The van der Waals surface area contributed by atoms with Crippen LogP contribution in [0.3, 0.4) is 0 Å². The first-order valence-electron chi connectivity index (χ1n) is 9.82. The summed E-state index contributed by atoms with van der Waals surface area (Å²) in [6.45, 7) is 3.97. The van der Waals surface area contributed by atoms with Gasteiger partial charge in [-0.2, -0.15) is 5.10 Å². The molecule has 9 heteroatoms. The standard InChI is InChI=1S/C19H25N5O3S/c1-11(23-16(25)10-21-19(23)27)9-20-17(26)15-8-14-12(2)22-24(18(14)28-15)13-6-4-3-5-7-13/h8,11,13H,3-7,9-10H2,1-2H3,(H,20,26)(H,21,27)/t11-/m1/s1. The minimum Gasteiger partial charge on any atom is -0.349 e. The van der Waals surface area contributed by atoms with Crippen molar-refractivity contribution in [1.29, 1.82) is 0 Å². The Hall–Kier alpha value is -2.42. The molecule has 2 N–H and O–H groups in total. The summed E-state index contributed by atoms with van der Waals surface area (Å²) in [6, 6.07) is 1.51. The van der Waals surface area contributed by atoms with Gasteiger partial charge in [-0.25, -0.2) is 4.79 Å². The summed E-state index contributed by atoms with van der Waals surface area (Å²) in [5, 5.41) is 11.1. The highest BCUT2D eigenvalue weighted by atomic mass is 32.1. The van der Waals surface area contributed by atoms with E-state index in [-0.39, 0.29) is 24.9 Å². The molecule has 4 amide bonds. The number of aryl methyl sites for hydroxylation is 1. The Balaban J connectivity index is 1.47. The predicted molar refractivity (Wildman–Crippen MR) is 107 cm³/mol. The van der Waals surface area contributed by atoms with E-state index >= 15 is 0 Å². The largest absolute Gasteiger partial charge is 0.349 e. The number of nitrogens with one attached hydrogen (secondary N) is 2. The molecular weight excluding hydrogens is 378 g/mol. The molecule has 8 nitrogen and oxygen atoms in total. The van der Waals surface area contributed by atoms with Gasteiger partial charge in [0.1, 0.15) is 4.83 Å². The normalized spacial score (nSPS) is 19.3. The average Bonchev–Trinajstić information content (AvgIpc) is 3.35. The maximum absolute atomic E-state index is 12.7. The van der Waals surface area contributed by atoms with Crippen LogP contribution in [0.15, 0.2) is 6.07 Å². The van der Waals surface area contributed by atoms with E-state index in [9.17, 15) is 14.4 Å². The Labute approximate surface area is 167 Å². The van der Waals surface area contributed by atoms with Gasteiger partial charge in [0.2, 0.25) is 5.91 Å². The van der Waals surface area contributed by atoms with Gasteiger partial charge >= 0.3 is 6.03 Å². The minimum atomic E-state index is -0.406. The Morgan fingerprint density at radius 2 is 2.11 bits per heavy atom. The lowest BCUT2D eigenvalue weighted by Gasteiger charge is -2.22. The number of fused-ring (bicyclic) bond motifs is 1. The van der Waals surface area contributed by atoms with Gasteiger partial charge in [-0.3, -0.25) is 19.2 Å². The molecule has 1 saturated heterocycles. The molecule has 0 bridgehead atoms. The third-order valence-electron chi connectivity index (χ3n) is 5.59. The lowest BCUT2D eigenvalue weighted by Crippen LogP contribution is -2.45. The van der Waals surface area contributed by atoms with Crippen molar-refractivity contribution in [2.24, 2.45) is 0 Å². The zero-order valence-corrected chi connectivity index (χ0v) is 17.0. The van der Waals surface area contributed by atoms with Gasteiger partial charge < -0.3 is 10.6 Å². The van der Waals surface area contributed by atoms with Crippen molar-refractivity contribution >= 4 is 39.4 Å². The molecule has 2 aromatic heterocycles. The molecule has 0 radical (unpaired) electrons. The number of carbonyl (C=O) groups is 3. The third kappa shape index (κ3) is 3.39. The number of thiophene rings is 1. The molecule has 0 unspecified atom stereocenters. The SMILES string of the molecule is Cc1nn(C2CCCCC2)c2sc(C(=O)NC[C@@H](C)N3C(=O)CNC3=O)cc12. The second-order valence-corrected chi connectivity index (χ2v) is 8.66. The van der Waals surface area contributed by atoms with E-state index in [1.165, 1.54) is 30.6 Å². The van der Waals surface area contributed by atoms with Crippen molar-refractivity contribution in [3.63, 3.8) is 0 Å². The van der Waals surface area contributed by atoms with Crippen molar-refractivity contribution in [3.8, 4) is 0 Å². The van der Waals surface area contributed by atoms with E-state index in [1.807, 2.05) is 13.0 Å². The molecular formula is C19H25N5O3S. The highest BCUT2D eigenvalue weighted by molar-refractivity contribution is 7.20. The molecule has 150 valence electrons. The first-order valence-corrected chi connectivity index (χ1v) is 10.6. The summed E-state index contributed by atoms with van der Waals surface area (Å²) in [7, 11) is 0. The van der Waals surface area contributed by atoms with Crippen molar-refractivity contribution in [2.45, 2.75) is 58.0 Å². The Bertz CT molecular complexity index is 912. The molecule has 0 spiro atoms. The molecule has 3 heterocycles. The monoisotopic (exact) mass is 403 g/mol. The van der Waals surface area contributed by atoms with Crippen LogP contribution in [0.4, 0.5) is 4.79 Å². The van der Waals surface area contributed by atoms with Crippen molar-refractivity contribution in [3.05, 3.63) is 16.6 Å². The van der Waals surface area contributed by atoms with Gasteiger partial charge in [0.05, 0.1) is 29.2 Å². The first-order chi connectivity index (χ1) is 13.5. The molecule has 4 rings (SSSR count). The molecule has 1 saturated carbocycles. The molecule has 0 aromatic carbocycles. The summed E-state index contributed by atoms with van der Waals surface area (Å²) in [5.41, 5.74) is 0.948. The number of aromatic nitrogens is 2. The number of rotatable bonds is 5. The highest BCUT2D eigenvalue weighted by Gasteiger charge is 2.32. The second-order valence-electron chi connectivity index (χ2n) is 7.63. The maximum atomic E-state index is 12.7. The summed E-state index contributed by atoms with van der Waals surface area (Å²) >= 11 is 1.46. The van der Waals surface area contributed by atoms with Crippen LogP contribution >= 0.6 is 11.3 Å². The molecule has 1 atom stereocenters. The van der Waals surface area contributed by atoms with Crippen LogP contribution in [-0.2, 0) is 4.79 Å². The quantitative estimate of drug-likeness (QED) is 0.750. The molecule has 28 heavy (non-hydrogen) atoms. The van der Waals surface area contributed by atoms with E-state index in [0.717, 1.165) is 33.7 Å². The van der Waals surface area contributed by atoms with Crippen LogP contribution in [0, 0.1) is 6.92 Å². The third-order valence-corrected chi connectivity index (χ3v) is 6.71. The Kier molecular flexibility index (Phi) is 5.09. The van der Waals surface area contributed by atoms with Crippen LogP contribution in [0.1, 0.15) is 60.4 Å². The highest BCUT2D eigenvalue weighted by Crippen LogP contribution is 2.35. The molecule has 1 aliphatic heterocycles. The molecule has 2 fully saturated rings. The van der Waals surface area contributed by atoms with E-state index in [0.29, 0.717) is 10.9 Å². The number of urea groups is 1. The van der Waals surface area contributed by atoms with Gasteiger partial charge in [0.25, 0.3) is 5.91 Å². The zero-order valence-electron chi connectivity index (χ0n) is 16.2. The fraction of sp³-hybridized carbons (Fsp3) is 0.579. The van der Waals surface area contributed by atoms with E-state index < -0.39 is 12.1 Å². The van der Waals surface area contributed by atoms with Crippen LogP contribution in [-0.4, -0.2) is 51.7 Å². The minimum absolute atomic E-state index is 0.0182. The molecule has 2 aliphatic rings. The lowest BCUT2D eigenvalue weighted by molar-refractivity contribution is -0.126. The summed E-state index contributed by atoms with van der Waals surface area (Å²) < 4.78 is 2.11. The van der Waals surface area contributed by atoms with Gasteiger partial charge in [0, 0.05) is 11.9 Å². The van der Waals surface area contributed by atoms with E-state index in [1.54, 1.807) is 6.92 Å². The van der Waals surface area contributed by atoms with Crippen LogP contribution in [0.25, 0.3) is 10.2 Å². The summed E-state index contributed by atoms with van der Waals surface area (Å²) in [6.07, 6.45) is 6.01. The van der Waals surface area contributed by atoms with Crippen molar-refractivity contribution in [2.75, 3.05) is 13.1 Å². The fourth-order valence-corrected chi connectivity index (χ4v) is 5.21. The number of hydrogen-bond acceptors (Lipinski definition) is 5. The van der Waals surface area contributed by atoms with Crippen LogP contribution in [0.5, 0.6) is 0 Å². The van der Waals surface area contributed by atoms with Gasteiger partial charge in [0.15, 0.2) is 0 Å². The Morgan fingerprint density at radius 3 is 2.79 bits per heavy atom. The average molecular weight is 404 g/mol. The van der Waals surface area contributed by atoms with Gasteiger partial charge in [-0.15, -0.1) is 11.3 Å². The number of nitrogens with zero attached hydrogens (tertiary/aromatic N) is 3. The van der Waals surface area contributed by atoms with Gasteiger partial charge in [-0.05, 0) is 32.8 Å². The Morgan fingerprint density at radius 1 is 1.36 bits per heavy atom. The number of amides is 4. The summed E-state index contributed by atoms with van der Waals surface area (Å²) in [5.74, 6) is -0.452. The topological polar surface area (TPSA) is 96.3 Å². The number of imide groups is 1. The number of hydrogen-bond donors (Lipinski definition) is 2. The van der Waals surface area contributed by atoms with E-state index in [4.69, 9.17) is 5.10 Å². The lowest BCUT2D eigenvalue weighted by atomic mass is 9.96. The smallest absolute Gasteiger partial charge is 0.324 e. The maximum Gasteiger partial charge on any atom is 0.324 e. The van der Waals surface area contributed by atoms with Gasteiger partial charge in [-0.1, -0.05) is 19.3 Å². The van der Waals surface area contributed by atoms with E-state index in [2.05, 4.69) is 15.3 Å². The molecule has 2 aromatic rings. The van der Waals surface area contributed by atoms with Crippen LogP contribution in [0.2, 0.25) is 0 Å². The molecule has 1 aliphatic carbocycles. The predicted octanol–water partition coefficient (Wildman–Crippen LogP) is 2.58. The fourth-order valence-electron chi connectivity index (χ4n) is 4.06. The number of carbonyl (C=O) groups excluding carboxylic acids is 3. The first kappa shape index (κ1) is 18.9. The second kappa shape index (κ2) is 7.54.